The molecule has 2 aromatic heterocycles. The first kappa shape index (κ1) is 23.7. The second kappa shape index (κ2) is 9.78. The quantitative estimate of drug-likeness (QED) is 0.385. The molecule has 174 valence electrons. The maximum atomic E-state index is 13.4. The van der Waals surface area contributed by atoms with Crippen LogP contribution < -0.4 is 10.3 Å². The van der Waals surface area contributed by atoms with Gasteiger partial charge in [0.05, 0.1) is 4.91 Å². The molecule has 0 unspecified atom stereocenters. The number of amides is 1. The molecule has 1 aromatic carbocycles. The molecule has 3 heterocycles. The summed E-state index contributed by atoms with van der Waals surface area (Å²) in [4.78, 5) is 43.3. The molecule has 3 aromatic rings. The van der Waals surface area contributed by atoms with Crippen LogP contribution >= 0.6 is 24.0 Å². The Hall–Kier alpha value is -3.50. The summed E-state index contributed by atoms with van der Waals surface area (Å²) >= 11 is 6.38. The zero-order valence-electron chi connectivity index (χ0n) is 18.5. The second-order valence-electron chi connectivity index (χ2n) is 7.70. The second-order valence-corrected chi connectivity index (χ2v) is 9.37. The first-order chi connectivity index (χ1) is 16.3. The predicted octanol–water partition coefficient (Wildman–Crippen LogP) is 4.17. The van der Waals surface area contributed by atoms with E-state index in [4.69, 9.17) is 22.1 Å². The number of pyridine rings is 1. The van der Waals surface area contributed by atoms with Gasteiger partial charge in [0.25, 0.3) is 11.5 Å². The number of hydrogen-bond acceptors (Lipinski definition) is 7. The minimum atomic E-state index is -0.940. The topological polar surface area (TPSA) is 101 Å². The van der Waals surface area contributed by atoms with Crippen LogP contribution in [0.1, 0.15) is 29.5 Å². The third-order valence-corrected chi connectivity index (χ3v) is 6.79. The molecule has 0 saturated carbocycles. The summed E-state index contributed by atoms with van der Waals surface area (Å²) in [6.45, 7) is 4.07. The molecule has 0 bridgehead atoms. The van der Waals surface area contributed by atoms with Gasteiger partial charge in [-0.15, -0.1) is 0 Å². The van der Waals surface area contributed by atoms with Gasteiger partial charge in [-0.05, 0) is 55.7 Å². The normalized spacial score (nSPS) is 14.9. The van der Waals surface area contributed by atoms with Crippen molar-refractivity contribution in [3.63, 3.8) is 0 Å². The fourth-order valence-corrected chi connectivity index (χ4v) is 4.73. The summed E-state index contributed by atoms with van der Waals surface area (Å²) in [6, 6.07) is 10.8. The Morgan fingerprint density at radius 1 is 1.21 bits per heavy atom. The van der Waals surface area contributed by atoms with Crippen LogP contribution in [0.4, 0.5) is 0 Å². The number of thioether (sulfide) groups is 1. The van der Waals surface area contributed by atoms with Gasteiger partial charge in [-0.25, -0.2) is 0 Å². The third kappa shape index (κ3) is 4.73. The highest BCUT2D eigenvalue weighted by molar-refractivity contribution is 8.26. The SMILES string of the molecule is Cc1cccc(Oc2nc3ccccn3c(=O)c2/C=C2/SC(=S)N(CCCC(=O)O)C2=O)c1C. The van der Waals surface area contributed by atoms with Crippen molar-refractivity contribution >= 4 is 51.9 Å². The minimum absolute atomic E-state index is 0.0696. The van der Waals surface area contributed by atoms with E-state index in [0.717, 1.165) is 22.9 Å². The molecule has 1 N–H and O–H groups in total. The summed E-state index contributed by atoms with van der Waals surface area (Å²) in [7, 11) is 0. The Bertz CT molecular complexity index is 1410. The number of rotatable bonds is 7. The number of aryl methyl sites for hydroxylation is 1. The van der Waals surface area contributed by atoms with Gasteiger partial charge in [-0.3, -0.25) is 23.7 Å². The molecular formula is C24H21N3O5S2. The van der Waals surface area contributed by atoms with Crippen LogP contribution in [0.3, 0.4) is 0 Å². The number of aliphatic carboxylic acids is 1. The lowest BCUT2D eigenvalue weighted by Crippen LogP contribution is -2.29. The van der Waals surface area contributed by atoms with Crippen molar-refractivity contribution in [3.8, 4) is 11.6 Å². The minimum Gasteiger partial charge on any atom is -0.481 e. The highest BCUT2D eigenvalue weighted by Crippen LogP contribution is 2.34. The summed E-state index contributed by atoms with van der Waals surface area (Å²) in [6.07, 6.45) is 3.25. The molecule has 1 aliphatic heterocycles. The number of carboxylic acid groups (broad SMARTS) is 1. The first-order valence-electron chi connectivity index (χ1n) is 10.5. The standard InChI is InChI=1S/C24H21N3O5S2/c1-14-7-5-8-17(15(14)2)32-21-16(22(30)26-11-4-3-9-19(26)25-21)13-18-23(31)27(24(33)34-18)12-6-10-20(28)29/h3-5,7-9,11,13H,6,10,12H2,1-2H3,(H,28,29)/b18-13+. The van der Waals surface area contributed by atoms with Crippen LogP contribution in [0, 0.1) is 13.8 Å². The maximum Gasteiger partial charge on any atom is 0.303 e. The van der Waals surface area contributed by atoms with E-state index >= 15 is 0 Å². The van der Waals surface area contributed by atoms with Crippen LogP contribution in [0.25, 0.3) is 11.7 Å². The lowest BCUT2D eigenvalue weighted by Gasteiger charge is -2.13. The predicted molar refractivity (Wildman–Crippen MR) is 134 cm³/mol. The molecule has 1 amide bonds. The maximum absolute atomic E-state index is 13.4. The number of carboxylic acids is 1. The van der Waals surface area contributed by atoms with E-state index in [-0.39, 0.29) is 47.2 Å². The van der Waals surface area contributed by atoms with Gasteiger partial charge < -0.3 is 9.84 Å². The molecular weight excluding hydrogens is 474 g/mol. The van der Waals surface area contributed by atoms with E-state index in [1.54, 1.807) is 30.5 Å². The lowest BCUT2D eigenvalue weighted by molar-refractivity contribution is -0.137. The summed E-state index contributed by atoms with van der Waals surface area (Å²) in [5.41, 5.74) is 2.08. The highest BCUT2D eigenvalue weighted by Gasteiger charge is 2.32. The average Bonchev–Trinajstić information content (AvgIpc) is 3.06. The van der Waals surface area contributed by atoms with Gasteiger partial charge in [0.1, 0.15) is 21.3 Å². The van der Waals surface area contributed by atoms with E-state index in [1.807, 2.05) is 26.0 Å². The van der Waals surface area contributed by atoms with Gasteiger partial charge in [0.15, 0.2) is 0 Å². The molecule has 1 aliphatic rings. The molecule has 0 radical (unpaired) electrons. The molecule has 1 saturated heterocycles. The molecule has 34 heavy (non-hydrogen) atoms. The van der Waals surface area contributed by atoms with Gasteiger partial charge in [-0.1, -0.05) is 42.2 Å². The Morgan fingerprint density at radius 2 is 2.00 bits per heavy atom. The number of carbonyl (C=O) groups is 2. The van der Waals surface area contributed by atoms with E-state index in [1.165, 1.54) is 15.4 Å². The molecule has 0 spiro atoms. The molecule has 8 nitrogen and oxygen atoms in total. The number of carbonyl (C=O) groups excluding carboxylic acids is 1. The fourth-order valence-electron chi connectivity index (χ4n) is 3.43. The average molecular weight is 496 g/mol. The highest BCUT2D eigenvalue weighted by atomic mass is 32.2. The van der Waals surface area contributed by atoms with Crippen molar-refractivity contribution in [1.29, 1.82) is 0 Å². The number of ether oxygens (including phenoxy) is 1. The number of aromatic nitrogens is 2. The van der Waals surface area contributed by atoms with Crippen molar-refractivity contribution in [3.05, 3.63) is 74.5 Å². The van der Waals surface area contributed by atoms with Crippen LogP contribution in [0.5, 0.6) is 11.6 Å². The van der Waals surface area contributed by atoms with Gasteiger partial charge in [0, 0.05) is 19.2 Å². The number of fused-ring (bicyclic) bond motifs is 1. The summed E-state index contributed by atoms with van der Waals surface area (Å²) in [5, 5.41) is 8.86. The van der Waals surface area contributed by atoms with E-state index < -0.39 is 5.97 Å². The lowest BCUT2D eigenvalue weighted by atomic mass is 10.1. The van der Waals surface area contributed by atoms with Crippen LogP contribution in [0.15, 0.2) is 52.3 Å². The van der Waals surface area contributed by atoms with Crippen molar-refractivity contribution in [1.82, 2.24) is 14.3 Å². The monoisotopic (exact) mass is 495 g/mol. The fraction of sp³-hybridized carbons (Fsp3) is 0.208. The van der Waals surface area contributed by atoms with Gasteiger partial charge in [-0.2, -0.15) is 4.98 Å². The number of thiocarbonyl (C=S) groups is 1. The van der Waals surface area contributed by atoms with Crippen LogP contribution in [0.2, 0.25) is 0 Å². The smallest absolute Gasteiger partial charge is 0.303 e. The zero-order chi connectivity index (χ0) is 24.4. The molecule has 4 rings (SSSR count). The Labute approximate surface area is 204 Å². The summed E-state index contributed by atoms with van der Waals surface area (Å²) < 4.78 is 7.80. The Morgan fingerprint density at radius 3 is 2.76 bits per heavy atom. The van der Waals surface area contributed by atoms with Crippen molar-refractivity contribution < 1.29 is 19.4 Å². The molecule has 0 aliphatic carbocycles. The van der Waals surface area contributed by atoms with Crippen molar-refractivity contribution in [2.24, 2.45) is 0 Å². The Kier molecular flexibility index (Phi) is 6.80. The molecule has 1 fully saturated rings. The zero-order valence-corrected chi connectivity index (χ0v) is 20.1. The van der Waals surface area contributed by atoms with E-state index in [0.29, 0.717) is 15.7 Å². The first-order valence-corrected chi connectivity index (χ1v) is 11.7. The van der Waals surface area contributed by atoms with E-state index in [9.17, 15) is 14.4 Å². The largest absolute Gasteiger partial charge is 0.481 e. The summed E-state index contributed by atoms with van der Waals surface area (Å²) in [5.74, 6) is -0.677. The van der Waals surface area contributed by atoms with Gasteiger partial charge >= 0.3 is 5.97 Å². The van der Waals surface area contributed by atoms with Crippen LogP contribution in [-0.4, -0.2) is 42.1 Å². The molecule has 0 atom stereocenters. The number of nitrogens with zero attached hydrogens (tertiary/aromatic N) is 3. The van der Waals surface area contributed by atoms with Crippen molar-refractivity contribution in [2.45, 2.75) is 26.7 Å². The van der Waals surface area contributed by atoms with Gasteiger partial charge in [0.2, 0.25) is 5.88 Å². The number of hydrogen-bond donors (Lipinski definition) is 1. The number of benzene rings is 1. The van der Waals surface area contributed by atoms with Crippen molar-refractivity contribution in [2.75, 3.05) is 6.54 Å². The Balaban J connectivity index is 1.77. The molecule has 10 heteroatoms. The van der Waals surface area contributed by atoms with Crippen LogP contribution in [-0.2, 0) is 9.59 Å². The third-order valence-electron chi connectivity index (χ3n) is 5.42. The van der Waals surface area contributed by atoms with E-state index in [2.05, 4.69) is 4.98 Å².